The first-order valence-electron chi connectivity index (χ1n) is 7.29. The average molecular weight is 387 g/mol. The highest BCUT2D eigenvalue weighted by atomic mass is 35.5. The maximum absolute atomic E-state index is 12.7. The number of para-hydroxylation sites is 1. The van der Waals surface area contributed by atoms with Crippen molar-refractivity contribution in [2.24, 2.45) is 0 Å². The van der Waals surface area contributed by atoms with E-state index in [4.69, 9.17) is 11.6 Å². The number of anilines is 2. The Kier molecular flexibility index (Phi) is 5.58. The minimum Gasteiger partial charge on any atom is -0.373 e. The number of alkyl halides is 3. The molecule has 2 aromatic carbocycles. The molecule has 0 unspecified atom stereocenters. The lowest BCUT2D eigenvalue weighted by Crippen LogP contribution is -2.52. The first kappa shape index (κ1) is 19.7. The summed E-state index contributed by atoms with van der Waals surface area (Å²) in [5.41, 5.74) is -3.07. The Morgan fingerprint density at radius 3 is 2.19 bits per heavy atom. The molecule has 0 bridgehead atoms. The molecule has 0 radical (unpaired) electrons. The molecule has 0 saturated heterocycles. The summed E-state index contributed by atoms with van der Waals surface area (Å²) < 4.78 is 38.0. The summed E-state index contributed by atoms with van der Waals surface area (Å²) in [6, 6.07) is 12.2. The van der Waals surface area contributed by atoms with E-state index in [1.165, 1.54) is 18.2 Å². The SMILES string of the molecule is C[C@@](O)(C(=O)Nc1ccc(C(=O)Nc2ccccc2)cc1Cl)C(F)(F)F. The fourth-order valence-electron chi connectivity index (χ4n) is 1.86. The van der Waals surface area contributed by atoms with Crippen LogP contribution in [0.25, 0.3) is 0 Å². The van der Waals surface area contributed by atoms with E-state index in [1.807, 2.05) is 5.32 Å². The van der Waals surface area contributed by atoms with Gasteiger partial charge in [-0.05, 0) is 37.3 Å². The first-order valence-corrected chi connectivity index (χ1v) is 7.66. The number of hydrogen-bond acceptors (Lipinski definition) is 3. The summed E-state index contributed by atoms with van der Waals surface area (Å²) in [5.74, 6) is -2.17. The number of carbonyl (C=O) groups is 2. The lowest BCUT2D eigenvalue weighted by atomic mass is 10.1. The third-order valence-electron chi connectivity index (χ3n) is 3.51. The molecule has 0 spiro atoms. The van der Waals surface area contributed by atoms with Gasteiger partial charge in [0.2, 0.25) is 5.60 Å². The molecule has 0 saturated carbocycles. The lowest BCUT2D eigenvalue weighted by Gasteiger charge is -2.25. The summed E-state index contributed by atoms with van der Waals surface area (Å²) >= 11 is 5.93. The van der Waals surface area contributed by atoms with Crippen LogP contribution in [0.15, 0.2) is 48.5 Å². The zero-order valence-corrected chi connectivity index (χ0v) is 14.2. The van der Waals surface area contributed by atoms with Gasteiger partial charge in [0.25, 0.3) is 11.8 Å². The maximum atomic E-state index is 12.7. The van der Waals surface area contributed by atoms with Gasteiger partial charge in [-0.2, -0.15) is 13.2 Å². The molecule has 0 heterocycles. The zero-order chi connectivity index (χ0) is 19.5. The van der Waals surface area contributed by atoms with Crippen LogP contribution in [0.2, 0.25) is 5.02 Å². The van der Waals surface area contributed by atoms with E-state index >= 15 is 0 Å². The summed E-state index contributed by atoms with van der Waals surface area (Å²) in [4.78, 5) is 23.8. The largest absolute Gasteiger partial charge is 0.426 e. The highest BCUT2D eigenvalue weighted by Crippen LogP contribution is 2.32. The number of nitrogens with one attached hydrogen (secondary N) is 2. The number of halogens is 4. The Morgan fingerprint density at radius 2 is 1.65 bits per heavy atom. The van der Waals surface area contributed by atoms with E-state index in [0.29, 0.717) is 12.6 Å². The lowest BCUT2D eigenvalue weighted by molar-refractivity contribution is -0.242. The van der Waals surface area contributed by atoms with Crippen molar-refractivity contribution in [1.29, 1.82) is 0 Å². The van der Waals surface area contributed by atoms with Crippen molar-refractivity contribution >= 4 is 34.8 Å². The Labute approximate surface area is 151 Å². The van der Waals surface area contributed by atoms with E-state index in [0.717, 1.165) is 0 Å². The molecular weight excluding hydrogens is 373 g/mol. The number of carbonyl (C=O) groups excluding carboxylic acids is 2. The molecule has 2 amide bonds. The summed E-state index contributed by atoms with van der Waals surface area (Å²) in [6.07, 6.45) is -5.15. The number of hydrogen-bond donors (Lipinski definition) is 3. The van der Waals surface area contributed by atoms with E-state index in [9.17, 15) is 27.9 Å². The van der Waals surface area contributed by atoms with Gasteiger partial charge in [-0.25, -0.2) is 0 Å². The highest BCUT2D eigenvalue weighted by Gasteiger charge is 2.55. The van der Waals surface area contributed by atoms with Crippen LogP contribution in [0.5, 0.6) is 0 Å². The first-order chi connectivity index (χ1) is 12.0. The quantitative estimate of drug-likeness (QED) is 0.747. The summed E-state index contributed by atoms with van der Waals surface area (Å²) in [6.45, 7) is 0.331. The average Bonchev–Trinajstić information content (AvgIpc) is 2.56. The van der Waals surface area contributed by atoms with Crippen molar-refractivity contribution in [3.63, 3.8) is 0 Å². The molecule has 0 aliphatic heterocycles. The minimum absolute atomic E-state index is 0.138. The van der Waals surface area contributed by atoms with Crippen molar-refractivity contribution in [1.82, 2.24) is 0 Å². The van der Waals surface area contributed by atoms with Gasteiger partial charge in [0.05, 0.1) is 10.7 Å². The van der Waals surface area contributed by atoms with Crippen LogP contribution in [0.1, 0.15) is 17.3 Å². The van der Waals surface area contributed by atoms with Gasteiger partial charge in [0, 0.05) is 11.3 Å². The van der Waals surface area contributed by atoms with Gasteiger partial charge in [-0.3, -0.25) is 9.59 Å². The third-order valence-corrected chi connectivity index (χ3v) is 3.82. The van der Waals surface area contributed by atoms with Crippen LogP contribution in [-0.4, -0.2) is 28.7 Å². The van der Waals surface area contributed by atoms with Crippen molar-refractivity contribution < 1.29 is 27.9 Å². The number of aliphatic hydroxyl groups is 1. The van der Waals surface area contributed by atoms with Gasteiger partial charge in [0.1, 0.15) is 0 Å². The fourth-order valence-corrected chi connectivity index (χ4v) is 2.08. The summed E-state index contributed by atoms with van der Waals surface area (Å²) in [7, 11) is 0. The highest BCUT2D eigenvalue weighted by molar-refractivity contribution is 6.34. The van der Waals surface area contributed by atoms with Crippen LogP contribution in [0.3, 0.4) is 0 Å². The molecule has 0 fully saturated rings. The molecule has 3 N–H and O–H groups in total. The van der Waals surface area contributed by atoms with Crippen LogP contribution in [-0.2, 0) is 4.79 Å². The number of benzene rings is 2. The van der Waals surface area contributed by atoms with Crippen molar-refractivity contribution in [2.45, 2.75) is 18.7 Å². The molecule has 9 heteroatoms. The second-order valence-corrected chi connectivity index (χ2v) is 5.95. The molecule has 2 rings (SSSR count). The Morgan fingerprint density at radius 1 is 1.04 bits per heavy atom. The topological polar surface area (TPSA) is 78.4 Å². The van der Waals surface area contributed by atoms with Crippen molar-refractivity contribution in [2.75, 3.05) is 10.6 Å². The molecule has 5 nitrogen and oxygen atoms in total. The van der Waals surface area contributed by atoms with Gasteiger partial charge in [0.15, 0.2) is 0 Å². The van der Waals surface area contributed by atoms with E-state index in [1.54, 1.807) is 30.3 Å². The number of amides is 2. The Bertz CT molecular complexity index is 824. The van der Waals surface area contributed by atoms with Crippen molar-refractivity contribution in [3.05, 3.63) is 59.1 Å². The number of rotatable bonds is 4. The molecule has 1 atom stereocenters. The maximum Gasteiger partial charge on any atom is 0.426 e. The second-order valence-electron chi connectivity index (χ2n) is 5.54. The third kappa shape index (κ3) is 4.33. The van der Waals surface area contributed by atoms with Crippen LogP contribution >= 0.6 is 11.6 Å². The standard InChI is InChI=1S/C17H14ClF3N2O3/c1-16(26,17(19,20)21)15(25)23-13-8-7-10(9-12(13)18)14(24)22-11-5-3-2-4-6-11/h2-9,26H,1H3,(H,22,24)(H,23,25)/t16-/m1/s1. The molecule has 0 aliphatic carbocycles. The predicted octanol–water partition coefficient (Wildman–Crippen LogP) is 3.84. The molecule has 2 aromatic rings. The minimum atomic E-state index is -5.15. The molecule has 0 aliphatic rings. The van der Waals surface area contributed by atoms with E-state index < -0.39 is 23.6 Å². The molecule has 138 valence electrons. The van der Waals surface area contributed by atoms with Crippen molar-refractivity contribution in [3.8, 4) is 0 Å². The normalized spacial score (nSPS) is 13.6. The molecule has 26 heavy (non-hydrogen) atoms. The predicted molar refractivity (Wildman–Crippen MR) is 91.2 cm³/mol. The summed E-state index contributed by atoms with van der Waals surface area (Å²) in [5, 5.41) is 13.7. The van der Waals surface area contributed by atoms with Crippen LogP contribution in [0.4, 0.5) is 24.5 Å². The molecular formula is C17H14ClF3N2O3. The zero-order valence-electron chi connectivity index (χ0n) is 13.4. The Hall–Kier alpha value is -2.58. The Balaban J connectivity index is 2.14. The smallest absolute Gasteiger partial charge is 0.373 e. The van der Waals surface area contributed by atoms with E-state index in [-0.39, 0.29) is 16.3 Å². The van der Waals surface area contributed by atoms with Gasteiger partial charge in [-0.1, -0.05) is 29.8 Å². The van der Waals surface area contributed by atoms with Gasteiger partial charge < -0.3 is 15.7 Å². The molecule has 0 aromatic heterocycles. The van der Waals surface area contributed by atoms with Gasteiger partial charge in [-0.15, -0.1) is 0 Å². The van der Waals surface area contributed by atoms with Gasteiger partial charge >= 0.3 is 6.18 Å². The fraction of sp³-hybridized carbons (Fsp3) is 0.176. The van der Waals surface area contributed by atoms with Crippen LogP contribution in [0, 0.1) is 0 Å². The monoisotopic (exact) mass is 386 g/mol. The second kappa shape index (κ2) is 7.35. The van der Waals surface area contributed by atoms with Crippen LogP contribution < -0.4 is 10.6 Å². The van der Waals surface area contributed by atoms with E-state index in [2.05, 4.69) is 5.32 Å².